The standard InChI is InChI=1S/C13H17N3S2/c1-17-11-10(15)9(6-14)18-12(11)16-7-13(4-5-13)8-2-3-8/h8,16H,2-5,7,15H2,1H3. The average Bonchev–Trinajstić information content (AvgIpc) is 3.24. The molecule has 0 amide bonds. The van der Waals surface area contributed by atoms with Crippen molar-refractivity contribution in [2.45, 2.75) is 30.6 Å². The summed E-state index contributed by atoms with van der Waals surface area (Å²) in [5, 5.41) is 13.7. The van der Waals surface area contributed by atoms with E-state index in [-0.39, 0.29) is 0 Å². The van der Waals surface area contributed by atoms with Gasteiger partial charge < -0.3 is 11.1 Å². The number of rotatable bonds is 5. The maximum absolute atomic E-state index is 9.03. The van der Waals surface area contributed by atoms with Gasteiger partial charge in [0.2, 0.25) is 0 Å². The minimum absolute atomic E-state index is 0.571. The second kappa shape index (κ2) is 4.36. The molecule has 3 rings (SSSR count). The second-order valence-electron chi connectivity index (χ2n) is 5.31. The molecule has 0 radical (unpaired) electrons. The lowest BCUT2D eigenvalue weighted by molar-refractivity contribution is 0.467. The highest BCUT2D eigenvalue weighted by Crippen LogP contribution is 2.61. The monoisotopic (exact) mass is 279 g/mol. The fourth-order valence-electron chi connectivity index (χ4n) is 2.67. The molecule has 1 heterocycles. The Morgan fingerprint density at radius 2 is 2.28 bits per heavy atom. The van der Waals surface area contributed by atoms with Crippen LogP contribution in [0.3, 0.4) is 0 Å². The van der Waals surface area contributed by atoms with E-state index in [1.54, 1.807) is 11.8 Å². The van der Waals surface area contributed by atoms with Crippen LogP contribution in [0.15, 0.2) is 4.90 Å². The van der Waals surface area contributed by atoms with Gasteiger partial charge in [-0.3, -0.25) is 0 Å². The van der Waals surface area contributed by atoms with Gasteiger partial charge in [0.15, 0.2) is 0 Å². The molecule has 0 unspecified atom stereocenters. The third kappa shape index (κ3) is 1.98. The van der Waals surface area contributed by atoms with Crippen molar-refractivity contribution >= 4 is 33.8 Å². The topological polar surface area (TPSA) is 61.8 Å². The number of hydrogen-bond donors (Lipinski definition) is 2. The van der Waals surface area contributed by atoms with E-state index in [0.717, 1.165) is 22.4 Å². The Labute approximate surface area is 116 Å². The van der Waals surface area contributed by atoms with Gasteiger partial charge in [-0.1, -0.05) is 0 Å². The zero-order valence-electron chi connectivity index (χ0n) is 10.5. The molecular formula is C13H17N3S2. The van der Waals surface area contributed by atoms with E-state index in [1.807, 2.05) is 6.26 Å². The summed E-state index contributed by atoms with van der Waals surface area (Å²) in [7, 11) is 0. The first kappa shape index (κ1) is 12.2. The molecule has 2 fully saturated rings. The first-order chi connectivity index (χ1) is 8.70. The predicted octanol–water partition coefficient (Wildman–Crippen LogP) is 3.53. The largest absolute Gasteiger partial charge is 0.396 e. The molecule has 2 aliphatic carbocycles. The van der Waals surface area contributed by atoms with Gasteiger partial charge in [-0.25, -0.2) is 0 Å². The maximum atomic E-state index is 9.03. The van der Waals surface area contributed by atoms with Gasteiger partial charge in [0.25, 0.3) is 0 Å². The molecule has 2 saturated carbocycles. The maximum Gasteiger partial charge on any atom is 0.131 e. The van der Waals surface area contributed by atoms with Crippen LogP contribution in [0.5, 0.6) is 0 Å². The van der Waals surface area contributed by atoms with Crippen LogP contribution < -0.4 is 11.1 Å². The van der Waals surface area contributed by atoms with Crippen LogP contribution in [0.2, 0.25) is 0 Å². The number of nitrogens with zero attached hydrogens (tertiary/aromatic N) is 1. The number of nitrogens with two attached hydrogens (primary N) is 1. The van der Waals surface area contributed by atoms with Crippen molar-refractivity contribution in [1.29, 1.82) is 5.26 Å². The Kier molecular flexibility index (Phi) is 2.95. The molecule has 1 aromatic rings. The molecule has 0 atom stereocenters. The van der Waals surface area contributed by atoms with Crippen molar-refractivity contribution in [3.05, 3.63) is 4.88 Å². The lowest BCUT2D eigenvalue weighted by Crippen LogP contribution is -2.17. The first-order valence-electron chi connectivity index (χ1n) is 6.30. The molecule has 0 bridgehead atoms. The van der Waals surface area contributed by atoms with Crippen molar-refractivity contribution in [2.75, 3.05) is 23.9 Å². The number of nitriles is 1. The van der Waals surface area contributed by atoms with E-state index >= 15 is 0 Å². The van der Waals surface area contributed by atoms with Crippen molar-refractivity contribution in [3.8, 4) is 6.07 Å². The lowest BCUT2D eigenvalue weighted by atomic mass is 10.0. The van der Waals surface area contributed by atoms with Gasteiger partial charge in [-0.15, -0.1) is 23.1 Å². The SMILES string of the molecule is CSc1c(NCC2(C3CC3)CC2)sc(C#N)c1N. The molecule has 3 N–H and O–H groups in total. The van der Waals surface area contributed by atoms with Crippen molar-refractivity contribution in [3.63, 3.8) is 0 Å². The van der Waals surface area contributed by atoms with Crippen molar-refractivity contribution < 1.29 is 0 Å². The highest BCUT2D eigenvalue weighted by Gasteiger charge is 2.53. The van der Waals surface area contributed by atoms with Crippen molar-refractivity contribution in [1.82, 2.24) is 0 Å². The summed E-state index contributed by atoms with van der Waals surface area (Å²) < 4.78 is 0. The molecule has 2 aliphatic rings. The Bertz CT molecular complexity index is 507. The summed E-state index contributed by atoms with van der Waals surface area (Å²) in [6, 6.07) is 2.18. The van der Waals surface area contributed by atoms with Crippen LogP contribution in [0.4, 0.5) is 10.7 Å². The summed E-state index contributed by atoms with van der Waals surface area (Å²) in [6.07, 6.45) is 7.56. The van der Waals surface area contributed by atoms with Crippen LogP contribution >= 0.6 is 23.1 Å². The van der Waals surface area contributed by atoms with Crippen LogP contribution in [-0.2, 0) is 0 Å². The molecule has 0 saturated heterocycles. The summed E-state index contributed by atoms with van der Waals surface area (Å²) in [5.74, 6) is 0.954. The molecule has 5 heteroatoms. The summed E-state index contributed by atoms with van der Waals surface area (Å²) in [6.45, 7) is 1.05. The van der Waals surface area contributed by atoms with Gasteiger partial charge >= 0.3 is 0 Å². The fourth-order valence-corrected chi connectivity index (χ4v) is 4.50. The van der Waals surface area contributed by atoms with E-state index in [4.69, 9.17) is 11.0 Å². The number of nitrogens with one attached hydrogen (secondary N) is 1. The number of thiophene rings is 1. The predicted molar refractivity (Wildman–Crippen MR) is 78.1 cm³/mol. The Morgan fingerprint density at radius 3 is 2.78 bits per heavy atom. The van der Waals surface area contributed by atoms with E-state index in [2.05, 4.69) is 11.4 Å². The third-order valence-corrected chi connectivity index (χ3v) is 6.17. The first-order valence-corrected chi connectivity index (χ1v) is 8.34. The van der Waals surface area contributed by atoms with Gasteiger partial charge in [-0.05, 0) is 43.3 Å². The number of nitrogen functional groups attached to an aromatic ring is 1. The normalized spacial score (nSPS) is 20.4. The second-order valence-corrected chi connectivity index (χ2v) is 7.15. The zero-order valence-corrected chi connectivity index (χ0v) is 12.1. The molecule has 0 spiro atoms. The van der Waals surface area contributed by atoms with Crippen LogP contribution in [-0.4, -0.2) is 12.8 Å². The minimum Gasteiger partial charge on any atom is -0.396 e. The van der Waals surface area contributed by atoms with Crippen LogP contribution in [0.1, 0.15) is 30.6 Å². The number of thioether (sulfide) groups is 1. The van der Waals surface area contributed by atoms with Gasteiger partial charge in [0.05, 0.1) is 10.6 Å². The highest BCUT2D eigenvalue weighted by molar-refractivity contribution is 7.99. The molecule has 0 aliphatic heterocycles. The number of anilines is 2. The van der Waals surface area contributed by atoms with Crippen LogP contribution in [0, 0.1) is 22.7 Å². The van der Waals surface area contributed by atoms with E-state index in [0.29, 0.717) is 16.0 Å². The number of hydrogen-bond acceptors (Lipinski definition) is 5. The molecule has 1 aromatic heterocycles. The highest BCUT2D eigenvalue weighted by atomic mass is 32.2. The van der Waals surface area contributed by atoms with E-state index in [1.165, 1.54) is 37.0 Å². The van der Waals surface area contributed by atoms with Gasteiger partial charge in [0.1, 0.15) is 15.9 Å². The smallest absolute Gasteiger partial charge is 0.131 e. The molecular weight excluding hydrogens is 262 g/mol. The van der Waals surface area contributed by atoms with Crippen molar-refractivity contribution in [2.24, 2.45) is 11.3 Å². The van der Waals surface area contributed by atoms with Gasteiger partial charge in [-0.2, -0.15) is 5.26 Å². The fraction of sp³-hybridized carbons (Fsp3) is 0.615. The van der Waals surface area contributed by atoms with Gasteiger partial charge in [0, 0.05) is 6.54 Å². The molecule has 18 heavy (non-hydrogen) atoms. The Balaban J connectivity index is 1.74. The van der Waals surface area contributed by atoms with E-state index in [9.17, 15) is 0 Å². The van der Waals surface area contributed by atoms with E-state index < -0.39 is 0 Å². The molecule has 0 aromatic carbocycles. The summed E-state index contributed by atoms with van der Waals surface area (Å²) >= 11 is 3.12. The minimum atomic E-state index is 0.571. The average molecular weight is 279 g/mol. The third-order valence-electron chi connectivity index (χ3n) is 4.14. The molecule has 96 valence electrons. The quantitative estimate of drug-likeness (QED) is 0.809. The Hall–Kier alpha value is -0.860. The Morgan fingerprint density at radius 1 is 1.56 bits per heavy atom. The molecule has 3 nitrogen and oxygen atoms in total. The lowest BCUT2D eigenvalue weighted by Gasteiger charge is -2.15. The summed E-state index contributed by atoms with van der Waals surface area (Å²) in [5.41, 5.74) is 7.20. The summed E-state index contributed by atoms with van der Waals surface area (Å²) in [4.78, 5) is 1.68. The van der Waals surface area contributed by atoms with Crippen LogP contribution in [0.25, 0.3) is 0 Å². The zero-order chi connectivity index (χ0) is 12.8.